The summed E-state index contributed by atoms with van der Waals surface area (Å²) in [6.45, 7) is 5.01. The van der Waals surface area contributed by atoms with Gasteiger partial charge in [0.15, 0.2) is 0 Å². The average Bonchev–Trinajstić information content (AvgIpc) is 3.20. The third kappa shape index (κ3) is 4.48. The summed E-state index contributed by atoms with van der Waals surface area (Å²) < 4.78 is 16.0. The molecular formula is C20H30N2O4. The van der Waals surface area contributed by atoms with Crippen LogP contribution in [0.5, 0.6) is 11.5 Å². The van der Waals surface area contributed by atoms with Crippen LogP contribution in [0, 0.1) is 5.92 Å². The summed E-state index contributed by atoms with van der Waals surface area (Å²) in [6.07, 6.45) is 3.20. The minimum Gasteiger partial charge on any atom is -0.497 e. The summed E-state index contributed by atoms with van der Waals surface area (Å²) in [6, 6.07) is 5.60. The third-order valence-corrected chi connectivity index (χ3v) is 5.56. The van der Waals surface area contributed by atoms with Gasteiger partial charge in [0, 0.05) is 51.0 Å². The topological polar surface area (TPSA) is 51.2 Å². The number of hydrogen-bond acceptors (Lipinski definition) is 5. The van der Waals surface area contributed by atoms with E-state index in [-0.39, 0.29) is 11.9 Å². The molecule has 2 fully saturated rings. The Morgan fingerprint density at radius 3 is 2.35 bits per heavy atom. The van der Waals surface area contributed by atoms with Gasteiger partial charge in [-0.25, -0.2) is 0 Å². The molecule has 0 aliphatic carbocycles. The highest BCUT2D eigenvalue weighted by Crippen LogP contribution is 2.25. The molecule has 2 heterocycles. The molecule has 26 heavy (non-hydrogen) atoms. The van der Waals surface area contributed by atoms with Crippen LogP contribution < -0.4 is 9.47 Å². The van der Waals surface area contributed by atoms with Crippen molar-refractivity contribution in [3.05, 3.63) is 23.8 Å². The molecule has 0 radical (unpaired) electrons. The molecule has 0 saturated carbocycles. The fourth-order valence-electron chi connectivity index (χ4n) is 3.88. The van der Waals surface area contributed by atoms with Crippen LogP contribution in [0.25, 0.3) is 0 Å². The number of hydrogen-bond donors (Lipinski definition) is 0. The van der Waals surface area contributed by atoms with Crippen molar-refractivity contribution in [1.29, 1.82) is 0 Å². The van der Waals surface area contributed by atoms with E-state index in [0.29, 0.717) is 23.0 Å². The summed E-state index contributed by atoms with van der Waals surface area (Å²) in [5.41, 5.74) is 0.606. The number of likely N-dealkylation sites (tertiary alicyclic amines) is 1. The van der Waals surface area contributed by atoms with Gasteiger partial charge in [-0.2, -0.15) is 0 Å². The molecule has 1 aromatic carbocycles. The smallest absolute Gasteiger partial charge is 0.254 e. The zero-order chi connectivity index (χ0) is 18.5. The van der Waals surface area contributed by atoms with Crippen LogP contribution in [0.1, 0.15) is 29.6 Å². The zero-order valence-electron chi connectivity index (χ0n) is 16.1. The van der Waals surface area contributed by atoms with Crippen molar-refractivity contribution in [1.82, 2.24) is 9.80 Å². The van der Waals surface area contributed by atoms with Gasteiger partial charge in [0.05, 0.1) is 20.8 Å². The van der Waals surface area contributed by atoms with Gasteiger partial charge in [0.1, 0.15) is 11.5 Å². The molecule has 2 saturated heterocycles. The van der Waals surface area contributed by atoms with Crippen LogP contribution in [-0.2, 0) is 4.74 Å². The Morgan fingerprint density at radius 1 is 1.15 bits per heavy atom. The zero-order valence-corrected chi connectivity index (χ0v) is 16.1. The lowest BCUT2D eigenvalue weighted by Crippen LogP contribution is -2.46. The van der Waals surface area contributed by atoms with E-state index in [1.165, 1.54) is 6.42 Å². The molecule has 6 nitrogen and oxygen atoms in total. The highest BCUT2D eigenvalue weighted by molar-refractivity contribution is 5.95. The molecule has 2 aliphatic rings. The highest BCUT2D eigenvalue weighted by atomic mass is 16.5. The molecule has 0 aromatic heterocycles. The number of carbonyl (C=O) groups is 1. The highest BCUT2D eigenvalue weighted by Gasteiger charge is 2.28. The Labute approximate surface area is 156 Å². The van der Waals surface area contributed by atoms with Crippen molar-refractivity contribution in [2.45, 2.75) is 25.3 Å². The van der Waals surface area contributed by atoms with Gasteiger partial charge in [0.2, 0.25) is 0 Å². The van der Waals surface area contributed by atoms with Gasteiger partial charge < -0.3 is 24.0 Å². The summed E-state index contributed by atoms with van der Waals surface area (Å²) in [5, 5.41) is 0. The number of piperidine rings is 1. The van der Waals surface area contributed by atoms with Gasteiger partial charge >= 0.3 is 0 Å². The normalized spacial score (nSPS) is 21.6. The Morgan fingerprint density at radius 2 is 1.81 bits per heavy atom. The summed E-state index contributed by atoms with van der Waals surface area (Å²) in [4.78, 5) is 17.3. The van der Waals surface area contributed by atoms with E-state index in [1.807, 2.05) is 11.9 Å². The van der Waals surface area contributed by atoms with Crippen LogP contribution in [0.4, 0.5) is 0 Å². The standard InChI is InChI=1S/C20H30N2O4/c1-21(20(23)16-10-18(24-2)12-19(11-16)25-3)17-4-7-22(8-5-17)13-15-6-9-26-14-15/h10-12,15,17H,4-9,13-14H2,1-3H3. The molecule has 1 unspecified atom stereocenters. The molecular weight excluding hydrogens is 332 g/mol. The predicted molar refractivity (Wildman–Crippen MR) is 100 cm³/mol. The van der Waals surface area contributed by atoms with E-state index in [9.17, 15) is 4.79 Å². The maximum atomic E-state index is 12.9. The van der Waals surface area contributed by atoms with E-state index in [2.05, 4.69) is 4.90 Å². The number of ether oxygens (including phenoxy) is 3. The van der Waals surface area contributed by atoms with Crippen LogP contribution >= 0.6 is 0 Å². The Balaban J connectivity index is 1.57. The minimum atomic E-state index is 0.0184. The van der Waals surface area contributed by atoms with Crippen LogP contribution in [-0.4, -0.2) is 75.9 Å². The van der Waals surface area contributed by atoms with Gasteiger partial charge in [-0.1, -0.05) is 0 Å². The number of benzene rings is 1. The Kier molecular flexibility index (Phi) is 6.38. The molecule has 0 spiro atoms. The van der Waals surface area contributed by atoms with E-state index in [0.717, 1.165) is 45.7 Å². The maximum absolute atomic E-state index is 12.9. The lowest BCUT2D eigenvalue weighted by molar-refractivity contribution is 0.0624. The van der Waals surface area contributed by atoms with Crippen molar-refractivity contribution >= 4 is 5.91 Å². The average molecular weight is 362 g/mol. The fraction of sp³-hybridized carbons (Fsp3) is 0.650. The second-order valence-corrected chi connectivity index (χ2v) is 7.28. The first kappa shape index (κ1) is 19.0. The lowest BCUT2D eigenvalue weighted by Gasteiger charge is -2.37. The van der Waals surface area contributed by atoms with Crippen LogP contribution in [0.3, 0.4) is 0 Å². The van der Waals surface area contributed by atoms with Crippen LogP contribution in [0.2, 0.25) is 0 Å². The molecule has 144 valence electrons. The van der Waals surface area contributed by atoms with E-state index in [1.54, 1.807) is 32.4 Å². The fourth-order valence-corrected chi connectivity index (χ4v) is 3.88. The first-order chi connectivity index (χ1) is 12.6. The SMILES string of the molecule is COc1cc(OC)cc(C(=O)N(C)C2CCN(CC3CCOC3)CC2)c1. The van der Waals surface area contributed by atoms with Gasteiger partial charge in [-0.3, -0.25) is 4.79 Å². The molecule has 1 aromatic rings. The maximum Gasteiger partial charge on any atom is 0.254 e. The first-order valence-corrected chi connectivity index (χ1v) is 9.41. The summed E-state index contributed by atoms with van der Waals surface area (Å²) in [7, 11) is 5.09. The van der Waals surface area contributed by atoms with Gasteiger partial charge in [-0.05, 0) is 37.3 Å². The van der Waals surface area contributed by atoms with Crippen molar-refractivity contribution in [3.63, 3.8) is 0 Å². The Bertz CT molecular complexity index is 586. The quantitative estimate of drug-likeness (QED) is 0.777. The largest absolute Gasteiger partial charge is 0.497 e. The van der Waals surface area contributed by atoms with Crippen molar-refractivity contribution < 1.29 is 19.0 Å². The molecule has 6 heteroatoms. The molecule has 1 atom stereocenters. The number of rotatable bonds is 6. The first-order valence-electron chi connectivity index (χ1n) is 9.41. The Hall–Kier alpha value is -1.79. The number of amides is 1. The van der Waals surface area contributed by atoms with Gasteiger partial charge in [-0.15, -0.1) is 0 Å². The van der Waals surface area contributed by atoms with E-state index < -0.39 is 0 Å². The van der Waals surface area contributed by atoms with Crippen molar-refractivity contribution in [2.24, 2.45) is 5.92 Å². The number of nitrogens with zero attached hydrogens (tertiary/aromatic N) is 2. The number of methoxy groups -OCH3 is 2. The molecule has 1 amide bonds. The second-order valence-electron chi connectivity index (χ2n) is 7.28. The third-order valence-electron chi connectivity index (χ3n) is 5.56. The minimum absolute atomic E-state index is 0.0184. The molecule has 0 N–H and O–H groups in total. The second kappa shape index (κ2) is 8.73. The molecule has 0 bridgehead atoms. The monoisotopic (exact) mass is 362 g/mol. The van der Waals surface area contributed by atoms with Crippen LogP contribution in [0.15, 0.2) is 18.2 Å². The summed E-state index contributed by atoms with van der Waals surface area (Å²) >= 11 is 0. The summed E-state index contributed by atoms with van der Waals surface area (Å²) in [5.74, 6) is 1.96. The van der Waals surface area contributed by atoms with E-state index in [4.69, 9.17) is 14.2 Å². The lowest BCUT2D eigenvalue weighted by atomic mass is 10.0. The molecule has 2 aliphatic heterocycles. The predicted octanol–water partition coefficient (Wildman–Crippen LogP) is 2.28. The van der Waals surface area contributed by atoms with Crippen molar-refractivity contribution in [2.75, 3.05) is 54.1 Å². The van der Waals surface area contributed by atoms with E-state index >= 15 is 0 Å². The van der Waals surface area contributed by atoms with Crippen molar-refractivity contribution in [3.8, 4) is 11.5 Å². The van der Waals surface area contributed by atoms with Gasteiger partial charge in [0.25, 0.3) is 5.91 Å². The molecule has 3 rings (SSSR count). The number of carbonyl (C=O) groups excluding carboxylic acids is 1.